The molecule has 1 aliphatic heterocycles. The van der Waals surface area contributed by atoms with Crippen LogP contribution in [-0.2, 0) is 17.8 Å². The lowest BCUT2D eigenvalue weighted by Gasteiger charge is -2.22. The van der Waals surface area contributed by atoms with Crippen LogP contribution >= 0.6 is 0 Å². The van der Waals surface area contributed by atoms with E-state index in [1.807, 2.05) is 10.9 Å². The number of nitrogens with one attached hydrogen (secondary N) is 2. The van der Waals surface area contributed by atoms with E-state index in [2.05, 4.69) is 46.9 Å². The number of carbonyl (C=O) groups excluding carboxylic acids is 1. The van der Waals surface area contributed by atoms with Crippen LogP contribution in [0.3, 0.4) is 0 Å². The Kier molecular flexibility index (Phi) is 5.07. The Morgan fingerprint density at radius 3 is 3.00 bits per heavy atom. The van der Waals surface area contributed by atoms with E-state index in [4.69, 9.17) is 0 Å². The van der Waals surface area contributed by atoms with Crippen LogP contribution in [0.1, 0.15) is 56.2 Å². The van der Waals surface area contributed by atoms with E-state index in [0.717, 1.165) is 50.9 Å². The number of fused-ring (bicyclic) bond motifs is 1. The molecule has 1 aromatic heterocycles. The van der Waals surface area contributed by atoms with Gasteiger partial charge < -0.3 is 10.6 Å². The van der Waals surface area contributed by atoms with Gasteiger partial charge in [-0.1, -0.05) is 18.6 Å². The van der Waals surface area contributed by atoms with E-state index >= 15 is 0 Å². The van der Waals surface area contributed by atoms with Crippen molar-refractivity contribution < 1.29 is 4.79 Å². The highest BCUT2D eigenvalue weighted by atomic mass is 16.2. The third-order valence-corrected chi connectivity index (χ3v) is 5.71. The lowest BCUT2D eigenvalue weighted by atomic mass is 9.95. The topological polar surface area (TPSA) is 59.0 Å². The van der Waals surface area contributed by atoms with Crippen molar-refractivity contribution >= 4 is 5.91 Å². The molecule has 1 amide bonds. The van der Waals surface area contributed by atoms with E-state index in [0.29, 0.717) is 0 Å². The molecule has 1 fully saturated rings. The zero-order chi connectivity index (χ0) is 17.9. The lowest BCUT2D eigenvalue weighted by molar-refractivity contribution is -0.123. The highest BCUT2D eigenvalue weighted by molar-refractivity contribution is 5.82. The minimum absolute atomic E-state index is 0.0140. The second kappa shape index (κ2) is 7.62. The lowest BCUT2D eigenvalue weighted by Crippen LogP contribution is -2.42. The zero-order valence-electron chi connectivity index (χ0n) is 15.5. The number of aryl methyl sites for hydroxylation is 2. The summed E-state index contributed by atoms with van der Waals surface area (Å²) in [5.41, 5.74) is 5.04. The second-order valence-corrected chi connectivity index (χ2v) is 7.40. The number of rotatable bonds is 4. The Bertz CT molecular complexity index is 776. The van der Waals surface area contributed by atoms with Gasteiger partial charge in [-0.15, -0.1) is 0 Å². The largest absolute Gasteiger partial charge is 0.348 e. The molecule has 0 bridgehead atoms. The van der Waals surface area contributed by atoms with Crippen molar-refractivity contribution in [3.05, 3.63) is 41.6 Å². The van der Waals surface area contributed by atoms with Gasteiger partial charge in [0.15, 0.2) is 0 Å². The Hall–Kier alpha value is -2.14. The van der Waals surface area contributed by atoms with Gasteiger partial charge in [0, 0.05) is 18.3 Å². The first-order chi connectivity index (χ1) is 12.8. The van der Waals surface area contributed by atoms with Gasteiger partial charge in [0.1, 0.15) is 0 Å². The first-order valence-corrected chi connectivity index (χ1v) is 9.95. The molecule has 2 aliphatic rings. The molecule has 0 spiro atoms. The molecule has 4 rings (SSSR count). The maximum absolute atomic E-state index is 12.6. The van der Waals surface area contributed by atoms with Crippen molar-refractivity contribution in [2.45, 2.75) is 64.1 Å². The normalized spacial score (nSPS) is 22.7. The van der Waals surface area contributed by atoms with Gasteiger partial charge in [0.05, 0.1) is 17.8 Å². The van der Waals surface area contributed by atoms with Gasteiger partial charge >= 0.3 is 0 Å². The van der Waals surface area contributed by atoms with Crippen LogP contribution in [0.4, 0.5) is 0 Å². The summed E-state index contributed by atoms with van der Waals surface area (Å²) < 4.78 is 2.03. The molecular weight excluding hydrogens is 324 g/mol. The molecule has 5 heteroatoms. The van der Waals surface area contributed by atoms with E-state index in [-0.39, 0.29) is 18.0 Å². The molecule has 1 saturated heterocycles. The Morgan fingerprint density at radius 2 is 2.19 bits per heavy atom. The van der Waals surface area contributed by atoms with Crippen LogP contribution in [0.5, 0.6) is 0 Å². The summed E-state index contributed by atoms with van der Waals surface area (Å²) in [7, 11) is 0. The second-order valence-electron chi connectivity index (χ2n) is 7.40. The van der Waals surface area contributed by atoms with Gasteiger partial charge in [-0.05, 0) is 68.8 Å². The summed E-state index contributed by atoms with van der Waals surface area (Å²) in [6.07, 6.45) is 8.34. The van der Waals surface area contributed by atoms with E-state index in [9.17, 15) is 4.79 Å². The number of nitrogens with zero attached hydrogens (tertiary/aromatic N) is 2. The molecule has 2 heterocycles. The van der Waals surface area contributed by atoms with Crippen LogP contribution in [0.2, 0.25) is 0 Å². The quantitative estimate of drug-likeness (QED) is 0.831. The fourth-order valence-electron chi connectivity index (χ4n) is 4.30. The molecular formula is C21H28N4O. The van der Waals surface area contributed by atoms with Crippen LogP contribution in [0.15, 0.2) is 30.5 Å². The summed E-state index contributed by atoms with van der Waals surface area (Å²) in [5.74, 6) is 0.161. The first-order valence-electron chi connectivity index (χ1n) is 9.95. The predicted molar refractivity (Wildman–Crippen MR) is 103 cm³/mol. The van der Waals surface area contributed by atoms with Crippen LogP contribution in [0.25, 0.3) is 11.3 Å². The van der Waals surface area contributed by atoms with Crippen LogP contribution < -0.4 is 10.6 Å². The van der Waals surface area contributed by atoms with Gasteiger partial charge in [-0.3, -0.25) is 9.48 Å². The minimum Gasteiger partial charge on any atom is -0.348 e. The minimum atomic E-state index is -0.0140. The standard InChI is InChI=1S/C21H28N4O/c1-2-25-20(11-13-23-25)16-9-10-17-15(14-16)6-3-4-7-18(17)24-21(26)19-8-5-12-22-19/h9-11,13-14,18-19,22H,2-8,12H2,1H3,(H,24,26). The van der Waals surface area contributed by atoms with Crippen LogP contribution in [0, 0.1) is 0 Å². The third-order valence-electron chi connectivity index (χ3n) is 5.71. The van der Waals surface area contributed by atoms with E-state index in [1.54, 1.807) is 0 Å². The number of benzene rings is 1. The smallest absolute Gasteiger partial charge is 0.237 e. The van der Waals surface area contributed by atoms with Crippen molar-refractivity contribution in [2.24, 2.45) is 0 Å². The molecule has 2 unspecified atom stereocenters. The van der Waals surface area contributed by atoms with Crippen molar-refractivity contribution in [1.29, 1.82) is 0 Å². The predicted octanol–water partition coefficient (Wildman–Crippen LogP) is 3.21. The van der Waals surface area contributed by atoms with Crippen LogP contribution in [-0.4, -0.2) is 28.3 Å². The summed E-state index contributed by atoms with van der Waals surface area (Å²) in [6.45, 7) is 3.93. The molecule has 138 valence electrons. The molecule has 26 heavy (non-hydrogen) atoms. The Morgan fingerprint density at radius 1 is 1.27 bits per heavy atom. The average molecular weight is 352 g/mol. The highest BCUT2D eigenvalue weighted by Crippen LogP contribution is 2.32. The Labute approximate surface area is 155 Å². The van der Waals surface area contributed by atoms with E-state index in [1.165, 1.54) is 23.1 Å². The van der Waals surface area contributed by atoms with Gasteiger partial charge in [-0.25, -0.2) is 0 Å². The first kappa shape index (κ1) is 17.3. The summed E-state index contributed by atoms with van der Waals surface area (Å²) in [6, 6.07) is 8.90. The molecule has 2 N–H and O–H groups in total. The van der Waals surface area contributed by atoms with Crippen molar-refractivity contribution in [3.8, 4) is 11.3 Å². The fraction of sp³-hybridized carbons (Fsp3) is 0.524. The fourth-order valence-corrected chi connectivity index (χ4v) is 4.30. The number of amides is 1. The zero-order valence-corrected chi connectivity index (χ0v) is 15.5. The summed E-state index contributed by atoms with van der Waals surface area (Å²) >= 11 is 0. The van der Waals surface area contributed by atoms with Crippen molar-refractivity contribution in [1.82, 2.24) is 20.4 Å². The number of hydrogen-bond acceptors (Lipinski definition) is 3. The SMILES string of the molecule is CCn1nccc1-c1ccc2c(c1)CCCCC2NC(=O)C1CCCN1. The van der Waals surface area contributed by atoms with Gasteiger partial charge in [0.2, 0.25) is 5.91 Å². The number of carbonyl (C=O) groups is 1. The molecule has 5 nitrogen and oxygen atoms in total. The third kappa shape index (κ3) is 3.40. The number of aromatic nitrogens is 2. The molecule has 2 atom stereocenters. The van der Waals surface area contributed by atoms with Crippen molar-refractivity contribution in [2.75, 3.05) is 6.54 Å². The molecule has 0 saturated carbocycles. The van der Waals surface area contributed by atoms with E-state index < -0.39 is 0 Å². The Balaban J connectivity index is 1.59. The van der Waals surface area contributed by atoms with Gasteiger partial charge in [0.25, 0.3) is 0 Å². The average Bonchev–Trinajstić information content (AvgIpc) is 3.32. The highest BCUT2D eigenvalue weighted by Gasteiger charge is 2.26. The maximum Gasteiger partial charge on any atom is 0.237 e. The summed E-state index contributed by atoms with van der Waals surface area (Å²) in [4.78, 5) is 12.6. The molecule has 0 radical (unpaired) electrons. The summed E-state index contributed by atoms with van der Waals surface area (Å²) in [5, 5.41) is 11.0. The monoisotopic (exact) mass is 352 g/mol. The van der Waals surface area contributed by atoms with Crippen molar-refractivity contribution in [3.63, 3.8) is 0 Å². The molecule has 1 aliphatic carbocycles. The maximum atomic E-state index is 12.6. The number of hydrogen-bond donors (Lipinski definition) is 2. The molecule has 1 aromatic carbocycles. The molecule has 2 aromatic rings. The van der Waals surface area contributed by atoms with Gasteiger partial charge in [-0.2, -0.15) is 5.10 Å².